The highest BCUT2D eigenvalue weighted by Gasteiger charge is 2.27. The van der Waals surface area contributed by atoms with E-state index in [1.54, 1.807) is 11.3 Å². The molecule has 1 aromatic heterocycles. The second-order valence-corrected chi connectivity index (χ2v) is 5.74. The van der Waals surface area contributed by atoms with E-state index in [1.165, 1.54) is 0 Å². The van der Waals surface area contributed by atoms with Gasteiger partial charge in [0.15, 0.2) is 0 Å². The number of carbonyl (C=O) groups is 1. The Bertz CT molecular complexity index is 526. The summed E-state index contributed by atoms with van der Waals surface area (Å²) in [5, 5.41) is 6.99. The Morgan fingerprint density at radius 2 is 2.05 bits per heavy atom. The Morgan fingerprint density at radius 1 is 1.32 bits per heavy atom. The predicted octanol–water partition coefficient (Wildman–Crippen LogP) is 3.56. The quantitative estimate of drug-likeness (QED) is 0.839. The Labute approximate surface area is 122 Å². The Hall–Kier alpha value is -1.32. The number of amides is 1. The largest absolute Gasteiger partial charge is 0.345 e. The second kappa shape index (κ2) is 6.22. The molecule has 1 heterocycles. The van der Waals surface area contributed by atoms with Crippen molar-refractivity contribution in [3.8, 4) is 0 Å². The summed E-state index contributed by atoms with van der Waals surface area (Å²) in [6.45, 7) is 1.95. The molecule has 4 heteroatoms. The van der Waals surface area contributed by atoms with Crippen LogP contribution >= 0.6 is 22.9 Å². The molecule has 2 rings (SSSR count). The lowest BCUT2D eigenvalue weighted by atomic mass is 9.94. The van der Waals surface area contributed by atoms with Gasteiger partial charge in [-0.3, -0.25) is 4.79 Å². The molecule has 0 aliphatic heterocycles. The minimum absolute atomic E-state index is 0.00889. The number of halogens is 1. The van der Waals surface area contributed by atoms with Gasteiger partial charge in [0, 0.05) is 5.88 Å². The first kappa shape index (κ1) is 14.1. The van der Waals surface area contributed by atoms with Crippen LogP contribution in [0, 0.1) is 0 Å². The maximum Gasteiger partial charge on any atom is 0.225 e. The number of alkyl halides is 1. The summed E-state index contributed by atoms with van der Waals surface area (Å²) in [5.41, 5.74) is 1.52. The molecule has 0 fully saturated rings. The molecule has 2 aromatic rings. The third-order valence-corrected chi connectivity index (χ3v) is 4.30. The van der Waals surface area contributed by atoms with Gasteiger partial charge in [0.05, 0.1) is 12.0 Å². The fourth-order valence-electron chi connectivity index (χ4n) is 1.92. The predicted molar refractivity (Wildman–Crippen MR) is 80.7 cm³/mol. The van der Waals surface area contributed by atoms with E-state index in [0.29, 0.717) is 12.3 Å². The van der Waals surface area contributed by atoms with E-state index in [9.17, 15) is 4.79 Å². The van der Waals surface area contributed by atoms with Gasteiger partial charge in [0.2, 0.25) is 5.91 Å². The molecule has 1 unspecified atom stereocenters. The van der Waals surface area contributed by atoms with Gasteiger partial charge in [-0.05, 0) is 34.9 Å². The number of benzene rings is 1. The molecule has 0 radical (unpaired) electrons. The van der Waals surface area contributed by atoms with Gasteiger partial charge in [-0.2, -0.15) is 11.3 Å². The van der Waals surface area contributed by atoms with Gasteiger partial charge in [-0.1, -0.05) is 30.3 Å². The van der Waals surface area contributed by atoms with Gasteiger partial charge in [-0.25, -0.2) is 0 Å². The van der Waals surface area contributed by atoms with E-state index in [4.69, 9.17) is 11.6 Å². The first-order chi connectivity index (χ1) is 9.14. The van der Waals surface area contributed by atoms with Gasteiger partial charge < -0.3 is 5.32 Å². The fourth-order valence-corrected chi connectivity index (χ4v) is 2.81. The highest BCUT2D eigenvalue weighted by atomic mass is 35.5. The van der Waals surface area contributed by atoms with Crippen LogP contribution in [0.1, 0.15) is 18.1 Å². The van der Waals surface area contributed by atoms with Crippen LogP contribution in [0.4, 0.5) is 0 Å². The number of hydrogen-bond acceptors (Lipinski definition) is 2. The van der Waals surface area contributed by atoms with Crippen molar-refractivity contribution in [1.29, 1.82) is 0 Å². The average molecular weight is 294 g/mol. The van der Waals surface area contributed by atoms with Crippen LogP contribution < -0.4 is 5.32 Å². The summed E-state index contributed by atoms with van der Waals surface area (Å²) in [5.74, 6) is 0.331. The fraction of sp³-hybridized carbons (Fsp3) is 0.267. The Morgan fingerprint density at radius 3 is 2.63 bits per heavy atom. The third kappa shape index (κ3) is 3.58. The molecular weight excluding hydrogens is 278 g/mol. The molecule has 19 heavy (non-hydrogen) atoms. The molecule has 0 spiro atoms. The van der Waals surface area contributed by atoms with Crippen molar-refractivity contribution in [1.82, 2.24) is 5.32 Å². The number of nitrogens with one attached hydrogen (secondary N) is 1. The molecule has 1 aromatic carbocycles. The molecule has 1 amide bonds. The van der Waals surface area contributed by atoms with Crippen molar-refractivity contribution < 1.29 is 4.79 Å². The molecule has 0 aliphatic carbocycles. The van der Waals surface area contributed by atoms with Crippen LogP contribution in [0.2, 0.25) is 0 Å². The zero-order chi connectivity index (χ0) is 13.7. The van der Waals surface area contributed by atoms with E-state index in [1.807, 2.05) is 54.1 Å². The number of thiophene rings is 1. The summed E-state index contributed by atoms with van der Waals surface area (Å²) in [6, 6.07) is 11.8. The SMILES string of the molecule is CC(CCl)(NC(=O)Cc1ccsc1)c1ccccc1. The maximum absolute atomic E-state index is 12.1. The Balaban J connectivity index is 2.08. The van der Waals surface area contributed by atoms with E-state index in [-0.39, 0.29) is 5.91 Å². The lowest BCUT2D eigenvalue weighted by Gasteiger charge is -2.29. The summed E-state index contributed by atoms with van der Waals surface area (Å²) in [7, 11) is 0. The van der Waals surface area contributed by atoms with Crippen LogP contribution in [-0.4, -0.2) is 11.8 Å². The van der Waals surface area contributed by atoms with Crippen LogP contribution in [0.5, 0.6) is 0 Å². The lowest BCUT2D eigenvalue weighted by molar-refractivity contribution is -0.122. The number of hydrogen-bond donors (Lipinski definition) is 1. The van der Waals surface area contributed by atoms with Gasteiger partial charge in [0.1, 0.15) is 0 Å². The highest BCUT2D eigenvalue weighted by molar-refractivity contribution is 7.07. The van der Waals surface area contributed by atoms with E-state index < -0.39 is 5.54 Å². The zero-order valence-corrected chi connectivity index (χ0v) is 12.3. The van der Waals surface area contributed by atoms with Gasteiger partial charge in [0.25, 0.3) is 0 Å². The first-order valence-electron chi connectivity index (χ1n) is 6.07. The van der Waals surface area contributed by atoms with Crippen molar-refractivity contribution >= 4 is 28.8 Å². The number of rotatable bonds is 5. The van der Waals surface area contributed by atoms with E-state index >= 15 is 0 Å². The van der Waals surface area contributed by atoms with Gasteiger partial charge >= 0.3 is 0 Å². The minimum atomic E-state index is -0.532. The maximum atomic E-state index is 12.1. The summed E-state index contributed by atoms with van der Waals surface area (Å²) < 4.78 is 0. The van der Waals surface area contributed by atoms with Crippen LogP contribution in [0.15, 0.2) is 47.2 Å². The van der Waals surface area contributed by atoms with Crippen molar-refractivity contribution in [2.75, 3.05) is 5.88 Å². The minimum Gasteiger partial charge on any atom is -0.345 e. The third-order valence-electron chi connectivity index (χ3n) is 3.04. The monoisotopic (exact) mass is 293 g/mol. The number of carbonyl (C=O) groups excluding carboxylic acids is 1. The first-order valence-corrected chi connectivity index (χ1v) is 7.55. The molecule has 2 nitrogen and oxygen atoms in total. The second-order valence-electron chi connectivity index (χ2n) is 4.69. The topological polar surface area (TPSA) is 29.1 Å². The van der Waals surface area contributed by atoms with Crippen LogP contribution in [0.3, 0.4) is 0 Å². The molecule has 100 valence electrons. The summed E-state index contributed by atoms with van der Waals surface area (Å²) in [4.78, 5) is 12.1. The zero-order valence-electron chi connectivity index (χ0n) is 10.7. The molecule has 0 aliphatic rings. The van der Waals surface area contributed by atoms with Gasteiger partial charge in [-0.15, -0.1) is 11.6 Å². The van der Waals surface area contributed by atoms with Crippen molar-refractivity contribution in [3.63, 3.8) is 0 Å². The van der Waals surface area contributed by atoms with E-state index in [0.717, 1.165) is 11.1 Å². The molecular formula is C15H16ClNOS. The van der Waals surface area contributed by atoms with Crippen molar-refractivity contribution in [3.05, 3.63) is 58.3 Å². The molecule has 1 N–H and O–H groups in total. The normalized spacial score (nSPS) is 13.8. The summed E-state index contributed by atoms with van der Waals surface area (Å²) >= 11 is 7.65. The molecule has 0 saturated heterocycles. The average Bonchev–Trinajstić information content (AvgIpc) is 2.92. The molecule has 1 atom stereocenters. The molecule has 0 bridgehead atoms. The van der Waals surface area contributed by atoms with Crippen LogP contribution in [0.25, 0.3) is 0 Å². The highest BCUT2D eigenvalue weighted by Crippen LogP contribution is 2.22. The summed E-state index contributed by atoms with van der Waals surface area (Å²) in [6.07, 6.45) is 0.392. The molecule has 0 saturated carbocycles. The smallest absolute Gasteiger partial charge is 0.225 e. The Kier molecular flexibility index (Phi) is 4.61. The van der Waals surface area contributed by atoms with Crippen molar-refractivity contribution in [2.24, 2.45) is 0 Å². The van der Waals surface area contributed by atoms with Crippen LogP contribution in [-0.2, 0) is 16.8 Å². The lowest BCUT2D eigenvalue weighted by Crippen LogP contribution is -2.45. The standard InChI is InChI=1S/C15H16ClNOS/c1-15(11-16,13-5-3-2-4-6-13)17-14(18)9-12-7-8-19-10-12/h2-8,10H,9,11H2,1H3,(H,17,18). The van der Waals surface area contributed by atoms with E-state index in [2.05, 4.69) is 5.32 Å². The van der Waals surface area contributed by atoms with Crippen molar-refractivity contribution in [2.45, 2.75) is 18.9 Å².